The highest BCUT2D eigenvalue weighted by molar-refractivity contribution is 9.10. The molecule has 0 aliphatic carbocycles. The van der Waals surface area contributed by atoms with Crippen molar-refractivity contribution in [1.29, 1.82) is 0 Å². The number of nitrogens with two attached hydrogens (primary N) is 1. The highest BCUT2D eigenvalue weighted by atomic mass is 79.9. The average molecular weight is 283 g/mol. The van der Waals surface area contributed by atoms with E-state index < -0.39 is 0 Å². The molecule has 0 atom stereocenters. The van der Waals surface area contributed by atoms with Gasteiger partial charge in [0, 0.05) is 16.6 Å². The van der Waals surface area contributed by atoms with E-state index in [4.69, 9.17) is 10.5 Å². The van der Waals surface area contributed by atoms with Crippen LogP contribution in [0.4, 0.5) is 0 Å². The molecule has 0 aliphatic rings. The molecule has 3 N–H and O–H groups in total. The number of aromatic nitrogens is 1. The zero-order valence-electron chi connectivity index (χ0n) is 9.43. The van der Waals surface area contributed by atoms with Gasteiger partial charge >= 0.3 is 0 Å². The van der Waals surface area contributed by atoms with Crippen LogP contribution in [-0.2, 0) is 6.42 Å². The third-order valence-electron chi connectivity index (χ3n) is 2.80. The minimum atomic E-state index is 0.650. The fraction of sp³-hybridized carbons (Fsp3) is 0.333. The second-order valence-corrected chi connectivity index (χ2v) is 4.56. The first-order valence-electron chi connectivity index (χ1n) is 5.22. The number of hydrogen-bond donors (Lipinski definition) is 2. The number of aryl methyl sites for hydroxylation is 1. The second-order valence-electron chi connectivity index (χ2n) is 3.77. The van der Waals surface area contributed by atoms with Crippen LogP contribution in [0.5, 0.6) is 5.75 Å². The van der Waals surface area contributed by atoms with E-state index in [1.54, 1.807) is 7.11 Å². The zero-order valence-corrected chi connectivity index (χ0v) is 11.0. The lowest BCUT2D eigenvalue weighted by Gasteiger charge is -2.05. The van der Waals surface area contributed by atoms with Gasteiger partial charge in [-0.05, 0) is 53.5 Å². The molecule has 1 aromatic heterocycles. The molecular weight excluding hydrogens is 268 g/mol. The van der Waals surface area contributed by atoms with E-state index >= 15 is 0 Å². The normalized spacial score (nSPS) is 11.0. The number of hydrogen-bond acceptors (Lipinski definition) is 2. The standard InChI is InChI=1S/C12H15BrN2O/c1-7-8(5-6-14)11-9(15-7)3-4-10(16-2)12(11)13/h3-4,15H,5-6,14H2,1-2H3. The first-order chi connectivity index (χ1) is 7.69. The molecule has 86 valence electrons. The molecular formula is C12H15BrN2O. The Morgan fingerprint density at radius 1 is 1.44 bits per heavy atom. The van der Waals surface area contributed by atoms with Gasteiger partial charge in [0.2, 0.25) is 0 Å². The maximum Gasteiger partial charge on any atom is 0.133 e. The van der Waals surface area contributed by atoms with Crippen molar-refractivity contribution in [2.24, 2.45) is 5.73 Å². The predicted molar refractivity (Wildman–Crippen MR) is 70.0 cm³/mol. The quantitative estimate of drug-likeness (QED) is 0.910. The van der Waals surface area contributed by atoms with Crippen LogP contribution >= 0.6 is 15.9 Å². The van der Waals surface area contributed by atoms with E-state index in [9.17, 15) is 0 Å². The summed E-state index contributed by atoms with van der Waals surface area (Å²) in [6, 6.07) is 3.99. The van der Waals surface area contributed by atoms with Crippen molar-refractivity contribution in [2.75, 3.05) is 13.7 Å². The summed E-state index contributed by atoms with van der Waals surface area (Å²) in [6.07, 6.45) is 0.873. The van der Waals surface area contributed by atoms with Gasteiger partial charge in [0.15, 0.2) is 0 Å². The monoisotopic (exact) mass is 282 g/mol. The lowest BCUT2D eigenvalue weighted by Crippen LogP contribution is -2.03. The highest BCUT2D eigenvalue weighted by Crippen LogP contribution is 2.36. The van der Waals surface area contributed by atoms with Crippen LogP contribution < -0.4 is 10.5 Å². The van der Waals surface area contributed by atoms with E-state index in [1.165, 1.54) is 16.6 Å². The summed E-state index contributed by atoms with van der Waals surface area (Å²) in [6.45, 7) is 2.72. The Balaban J connectivity index is 2.73. The first kappa shape index (κ1) is 11.5. The maximum absolute atomic E-state index is 5.64. The summed E-state index contributed by atoms with van der Waals surface area (Å²) in [5, 5.41) is 1.18. The smallest absolute Gasteiger partial charge is 0.133 e. The van der Waals surface area contributed by atoms with Crippen molar-refractivity contribution < 1.29 is 4.74 Å². The highest BCUT2D eigenvalue weighted by Gasteiger charge is 2.13. The van der Waals surface area contributed by atoms with Crippen molar-refractivity contribution in [2.45, 2.75) is 13.3 Å². The molecule has 3 nitrogen and oxygen atoms in total. The third kappa shape index (κ3) is 1.72. The number of methoxy groups -OCH3 is 1. The van der Waals surface area contributed by atoms with Gasteiger partial charge in [-0.1, -0.05) is 0 Å². The molecule has 1 aromatic carbocycles. The number of benzene rings is 1. The minimum Gasteiger partial charge on any atom is -0.496 e. The van der Waals surface area contributed by atoms with Crippen molar-refractivity contribution >= 4 is 26.8 Å². The summed E-state index contributed by atoms with van der Waals surface area (Å²) in [7, 11) is 1.67. The van der Waals surface area contributed by atoms with E-state index in [2.05, 4.69) is 27.8 Å². The average Bonchev–Trinajstić information content (AvgIpc) is 2.58. The van der Waals surface area contributed by atoms with Crippen molar-refractivity contribution in [3.05, 3.63) is 27.9 Å². The third-order valence-corrected chi connectivity index (χ3v) is 3.58. The summed E-state index contributed by atoms with van der Waals surface area (Å²) in [5.74, 6) is 0.852. The van der Waals surface area contributed by atoms with E-state index in [-0.39, 0.29) is 0 Å². The molecule has 0 amide bonds. The molecule has 0 radical (unpaired) electrons. The number of nitrogens with one attached hydrogen (secondary N) is 1. The first-order valence-corrected chi connectivity index (χ1v) is 6.02. The largest absolute Gasteiger partial charge is 0.496 e. The second kappa shape index (κ2) is 4.47. The summed E-state index contributed by atoms with van der Waals surface area (Å²) in [5.41, 5.74) is 9.20. The molecule has 1 heterocycles. The van der Waals surface area contributed by atoms with Crippen molar-refractivity contribution in [3.8, 4) is 5.75 Å². The van der Waals surface area contributed by atoms with Gasteiger partial charge in [0.25, 0.3) is 0 Å². The summed E-state index contributed by atoms with van der Waals surface area (Å²) >= 11 is 3.59. The molecule has 2 aromatic rings. The molecule has 16 heavy (non-hydrogen) atoms. The molecule has 0 bridgehead atoms. The minimum absolute atomic E-state index is 0.650. The topological polar surface area (TPSA) is 51.0 Å². The van der Waals surface area contributed by atoms with Crippen LogP contribution in [0.15, 0.2) is 16.6 Å². The molecule has 4 heteroatoms. The fourth-order valence-corrected chi connectivity index (χ4v) is 2.78. The Bertz CT molecular complexity index is 519. The van der Waals surface area contributed by atoms with Crippen LogP contribution in [0.25, 0.3) is 10.9 Å². The van der Waals surface area contributed by atoms with Gasteiger partial charge in [0.1, 0.15) is 5.75 Å². The molecule has 0 saturated heterocycles. The Kier molecular flexibility index (Phi) is 3.21. The Labute approximate surface area is 103 Å². The van der Waals surface area contributed by atoms with Gasteiger partial charge < -0.3 is 15.5 Å². The lowest BCUT2D eigenvalue weighted by molar-refractivity contribution is 0.413. The van der Waals surface area contributed by atoms with Crippen molar-refractivity contribution in [3.63, 3.8) is 0 Å². The summed E-state index contributed by atoms with van der Waals surface area (Å²) in [4.78, 5) is 3.36. The van der Waals surface area contributed by atoms with E-state index in [0.717, 1.165) is 22.2 Å². The summed E-state index contributed by atoms with van der Waals surface area (Å²) < 4.78 is 6.30. The Morgan fingerprint density at radius 3 is 2.81 bits per heavy atom. The Hall–Kier alpha value is -1.00. The molecule has 0 spiro atoms. The van der Waals surface area contributed by atoms with Crippen LogP contribution in [0, 0.1) is 6.92 Å². The molecule has 0 aliphatic heterocycles. The molecule has 2 rings (SSSR count). The fourth-order valence-electron chi connectivity index (χ4n) is 2.04. The number of ether oxygens (including phenoxy) is 1. The maximum atomic E-state index is 5.64. The number of halogens is 1. The van der Waals surface area contributed by atoms with Crippen LogP contribution in [0.2, 0.25) is 0 Å². The van der Waals surface area contributed by atoms with Gasteiger partial charge in [-0.25, -0.2) is 0 Å². The van der Waals surface area contributed by atoms with Gasteiger partial charge in [-0.3, -0.25) is 0 Å². The van der Waals surface area contributed by atoms with E-state index in [0.29, 0.717) is 6.54 Å². The van der Waals surface area contributed by atoms with Gasteiger partial charge in [-0.15, -0.1) is 0 Å². The molecule has 0 unspecified atom stereocenters. The predicted octanol–water partition coefficient (Wildman–Crippen LogP) is 2.75. The number of fused-ring (bicyclic) bond motifs is 1. The van der Waals surface area contributed by atoms with Crippen LogP contribution in [0.3, 0.4) is 0 Å². The van der Waals surface area contributed by atoms with Crippen LogP contribution in [-0.4, -0.2) is 18.6 Å². The number of rotatable bonds is 3. The lowest BCUT2D eigenvalue weighted by atomic mass is 10.1. The SMILES string of the molecule is COc1ccc2[nH]c(C)c(CCN)c2c1Br. The molecule has 0 fully saturated rings. The number of aromatic amines is 1. The van der Waals surface area contributed by atoms with Crippen molar-refractivity contribution in [1.82, 2.24) is 4.98 Å². The number of H-pyrrole nitrogens is 1. The van der Waals surface area contributed by atoms with Gasteiger partial charge in [0.05, 0.1) is 11.6 Å². The van der Waals surface area contributed by atoms with Gasteiger partial charge in [-0.2, -0.15) is 0 Å². The Morgan fingerprint density at radius 2 is 2.19 bits per heavy atom. The zero-order chi connectivity index (χ0) is 11.7. The molecule has 0 saturated carbocycles. The van der Waals surface area contributed by atoms with Crippen LogP contribution in [0.1, 0.15) is 11.3 Å². The van der Waals surface area contributed by atoms with E-state index in [1.807, 2.05) is 12.1 Å².